The first-order valence-electron chi connectivity index (χ1n) is 7.17. The van der Waals surface area contributed by atoms with E-state index in [-0.39, 0.29) is 16.5 Å². The minimum atomic E-state index is -4.23. The van der Waals surface area contributed by atoms with Crippen LogP contribution in [0.2, 0.25) is 0 Å². The molecule has 2 aromatic rings. The van der Waals surface area contributed by atoms with Crippen LogP contribution in [0.4, 0.5) is 15.2 Å². The molecule has 2 rings (SSSR count). The van der Waals surface area contributed by atoms with Crippen LogP contribution >= 0.6 is 11.3 Å². The highest BCUT2D eigenvalue weighted by Crippen LogP contribution is 2.23. The summed E-state index contributed by atoms with van der Waals surface area (Å²) in [4.78, 5) is 25.7. The molecule has 1 heterocycles. The zero-order valence-electron chi connectivity index (χ0n) is 13.7. The number of rotatable bonds is 7. The normalized spacial score (nSPS) is 12.2. The number of hydrogen-bond acceptors (Lipinski definition) is 7. The molecule has 144 valence electrons. The number of thiazole rings is 1. The van der Waals surface area contributed by atoms with Gasteiger partial charge in [-0.3, -0.25) is 14.9 Å². The van der Waals surface area contributed by atoms with Crippen molar-refractivity contribution < 1.29 is 27.5 Å². The number of carbonyl (C=O) groups excluding carboxylic acids is 1. The number of anilines is 2. The second kappa shape index (κ2) is 7.67. The number of carboxylic acids is 1. The third-order valence-electron chi connectivity index (χ3n) is 3.31. The Morgan fingerprint density at radius 3 is 2.59 bits per heavy atom. The average molecular weight is 415 g/mol. The topological polar surface area (TPSA) is 175 Å². The molecule has 27 heavy (non-hydrogen) atoms. The lowest BCUT2D eigenvalue weighted by molar-refractivity contribution is -0.117. The lowest BCUT2D eigenvalue weighted by Crippen LogP contribution is -2.31. The van der Waals surface area contributed by atoms with Gasteiger partial charge in [-0.2, -0.15) is 0 Å². The first-order valence-corrected chi connectivity index (χ1v) is 9.53. The van der Waals surface area contributed by atoms with Crippen LogP contribution in [-0.2, 0) is 14.8 Å². The molecule has 0 aliphatic rings. The van der Waals surface area contributed by atoms with Crippen molar-refractivity contribution in [3.63, 3.8) is 0 Å². The van der Waals surface area contributed by atoms with E-state index in [9.17, 15) is 22.4 Å². The van der Waals surface area contributed by atoms with Gasteiger partial charge in [-0.15, -0.1) is 11.3 Å². The van der Waals surface area contributed by atoms with Gasteiger partial charge >= 0.3 is 5.97 Å². The van der Waals surface area contributed by atoms with Crippen molar-refractivity contribution in [1.29, 1.82) is 5.41 Å². The van der Waals surface area contributed by atoms with Gasteiger partial charge in [-0.05, 0) is 25.1 Å². The lowest BCUT2D eigenvalue weighted by Gasteiger charge is -2.12. The predicted molar refractivity (Wildman–Crippen MR) is 96.0 cm³/mol. The Kier molecular flexibility index (Phi) is 5.75. The molecule has 0 aliphatic carbocycles. The molecule has 13 heteroatoms. The molecule has 1 unspecified atom stereocenters. The van der Waals surface area contributed by atoms with Crippen molar-refractivity contribution in [3.8, 4) is 0 Å². The maximum atomic E-state index is 14.2. The number of aromatic nitrogens is 1. The quantitative estimate of drug-likeness (QED) is 0.334. The van der Waals surface area contributed by atoms with E-state index in [0.29, 0.717) is 6.07 Å². The first kappa shape index (κ1) is 20.3. The molecular formula is C14H14FN5O5S2. The maximum absolute atomic E-state index is 14.2. The molecule has 0 spiro atoms. The molecule has 6 N–H and O–H groups in total. The number of amidine groups is 1. The van der Waals surface area contributed by atoms with Gasteiger partial charge in [0.05, 0.1) is 16.5 Å². The summed E-state index contributed by atoms with van der Waals surface area (Å²) >= 11 is 0.756. The van der Waals surface area contributed by atoms with Crippen molar-refractivity contribution in [3.05, 3.63) is 35.1 Å². The van der Waals surface area contributed by atoms with Crippen LogP contribution in [0.15, 0.2) is 28.5 Å². The van der Waals surface area contributed by atoms with E-state index in [1.807, 2.05) is 4.72 Å². The number of halogens is 1. The van der Waals surface area contributed by atoms with E-state index >= 15 is 0 Å². The number of benzene rings is 1. The minimum Gasteiger partial charge on any atom is -0.476 e. The third-order valence-corrected chi connectivity index (χ3v) is 5.54. The Morgan fingerprint density at radius 2 is 2.07 bits per heavy atom. The molecule has 10 nitrogen and oxygen atoms in total. The van der Waals surface area contributed by atoms with Crippen LogP contribution in [0.25, 0.3) is 0 Å². The SMILES string of the molecule is CC(C(=N)N)C(=O)Nc1ccc(S(=O)(=O)Nc2nc(C(=O)O)cs2)cc1F. The Hall–Kier alpha value is -3.06. The number of carboxylic acid groups (broad SMARTS) is 1. The van der Waals surface area contributed by atoms with Gasteiger partial charge in [0.1, 0.15) is 11.7 Å². The van der Waals surface area contributed by atoms with Gasteiger partial charge in [0.2, 0.25) is 5.91 Å². The van der Waals surface area contributed by atoms with Gasteiger partial charge in [-0.25, -0.2) is 22.6 Å². The van der Waals surface area contributed by atoms with Gasteiger partial charge in [0, 0.05) is 5.38 Å². The van der Waals surface area contributed by atoms with E-state index < -0.39 is 44.4 Å². The molecule has 1 amide bonds. The molecule has 0 saturated heterocycles. The molecular weight excluding hydrogens is 401 g/mol. The number of amides is 1. The molecule has 1 aromatic heterocycles. The maximum Gasteiger partial charge on any atom is 0.355 e. The van der Waals surface area contributed by atoms with Crippen LogP contribution in [0.1, 0.15) is 17.4 Å². The molecule has 0 bridgehead atoms. The second-order valence-corrected chi connectivity index (χ2v) is 7.80. The van der Waals surface area contributed by atoms with Crippen LogP contribution < -0.4 is 15.8 Å². The number of nitrogens with zero attached hydrogens (tertiary/aromatic N) is 1. The fourth-order valence-corrected chi connectivity index (χ4v) is 3.69. The van der Waals surface area contributed by atoms with E-state index in [0.717, 1.165) is 28.8 Å². The van der Waals surface area contributed by atoms with Gasteiger partial charge in [0.25, 0.3) is 10.0 Å². The van der Waals surface area contributed by atoms with Gasteiger partial charge in [0.15, 0.2) is 10.8 Å². The monoisotopic (exact) mass is 415 g/mol. The number of hydrogen-bond donors (Lipinski definition) is 5. The molecule has 1 aromatic carbocycles. The van der Waals surface area contributed by atoms with Gasteiger partial charge in [-0.1, -0.05) is 0 Å². The van der Waals surface area contributed by atoms with Crippen LogP contribution in [0, 0.1) is 17.1 Å². The van der Waals surface area contributed by atoms with Crippen molar-refractivity contribution in [2.75, 3.05) is 10.0 Å². The number of nitrogens with two attached hydrogens (primary N) is 1. The number of nitrogens with one attached hydrogen (secondary N) is 3. The number of carbonyl (C=O) groups is 2. The highest BCUT2D eigenvalue weighted by Gasteiger charge is 2.21. The van der Waals surface area contributed by atoms with E-state index in [1.54, 1.807) is 0 Å². The summed E-state index contributed by atoms with van der Waals surface area (Å²) in [6, 6.07) is 2.77. The van der Waals surface area contributed by atoms with Crippen LogP contribution in [0.5, 0.6) is 0 Å². The summed E-state index contributed by atoms with van der Waals surface area (Å²) in [5.74, 6) is -4.45. The first-order chi connectivity index (χ1) is 12.5. The average Bonchev–Trinajstić information content (AvgIpc) is 3.03. The summed E-state index contributed by atoms with van der Waals surface area (Å²) in [6.07, 6.45) is 0. The standard InChI is InChI=1S/C14H14FN5O5S2/c1-6(11(16)17)12(21)18-9-3-2-7(4-8(9)15)27(24,25)20-14-19-10(5-26-14)13(22)23/h2-6H,1H3,(H3,16,17)(H,18,21)(H,19,20)(H,22,23). The van der Waals surface area contributed by atoms with E-state index in [4.69, 9.17) is 16.2 Å². The Labute approximate surface area is 156 Å². The Balaban J connectivity index is 2.21. The van der Waals surface area contributed by atoms with Crippen molar-refractivity contribution in [2.45, 2.75) is 11.8 Å². The van der Waals surface area contributed by atoms with Crippen molar-refractivity contribution in [1.82, 2.24) is 4.98 Å². The fourth-order valence-electron chi connectivity index (χ4n) is 1.74. The molecule has 1 atom stereocenters. The molecule has 0 fully saturated rings. The summed E-state index contributed by atoms with van der Waals surface area (Å²) in [7, 11) is -4.23. The van der Waals surface area contributed by atoms with E-state index in [1.165, 1.54) is 6.92 Å². The Bertz CT molecular complexity index is 1020. The summed E-state index contributed by atoms with van der Waals surface area (Å²) in [5, 5.41) is 19.1. The summed E-state index contributed by atoms with van der Waals surface area (Å²) in [6.45, 7) is 1.36. The molecule has 0 saturated carbocycles. The number of sulfonamides is 1. The van der Waals surface area contributed by atoms with E-state index in [2.05, 4.69) is 10.3 Å². The van der Waals surface area contributed by atoms with Gasteiger partial charge < -0.3 is 16.2 Å². The molecule has 0 radical (unpaired) electrons. The highest BCUT2D eigenvalue weighted by atomic mass is 32.2. The molecule has 0 aliphatic heterocycles. The minimum absolute atomic E-state index is 0.194. The van der Waals surface area contributed by atoms with Crippen LogP contribution in [0.3, 0.4) is 0 Å². The summed E-state index contributed by atoms with van der Waals surface area (Å²) < 4.78 is 40.8. The summed E-state index contributed by atoms with van der Waals surface area (Å²) in [5.41, 5.74) is 4.59. The smallest absolute Gasteiger partial charge is 0.355 e. The third kappa shape index (κ3) is 4.77. The van der Waals surface area contributed by atoms with Crippen LogP contribution in [-0.4, -0.2) is 36.2 Å². The fraction of sp³-hybridized carbons (Fsp3) is 0.143. The second-order valence-electron chi connectivity index (χ2n) is 5.26. The Morgan fingerprint density at radius 1 is 1.41 bits per heavy atom. The highest BCUT2D eigenvalue weighted by molar-refractivity contribution is 7.93. The largest absolute Gasteiger partial charge is 0.476 e. The number of aromatic carboxylic acids is 1. The zero-order chi connectivity index (χ0) is 20.4. The zero-order valence-corrected chi connectivity index (χ0v) is 15.3. The predicted octanol–water partition coefficient (Wildman–Crippen LogP) is 1.29. The van der Waals surface area contributed by atoms with Crippen molar-refractivity contribution >= 4 is 49.9 Å². The van der Waals surface area contributed by atoms with Crippen molar-refractivity contribution in [2.24, 2.45) is 11.7 Å². The lowest BCUT2D eigenvalue weighted by atomic mass is 10.1.